The second kappa shape index (κ2) is 8.37. The largest absolute Gasteiger partial charge is 0.378 e. The molecule has 3 heterocycles. The number of thiazole rings is 1. The van der Waals surface area contributed by atoms with E-state index in [1.807, 2.05) is 24.3 Å². The molecule has 2 N–H and O–H groups in total. The van der Waals surface area contributed by atoms with Gasteiger partial charge in [-0.15, -0.1) is 11.3 Å². The third kappa shape index (κ3) is 4.48. The fourth-order valence-corrected chi connectivity index (χ4v) is 4.52. The lowest BCUT2D eigenvalue weighted by molar-refractivity contribution is -0.120. The maximum Gasteiger partial charge on any atom is 0.227 e. The molecule has 0 saturated carbocycles. The van der Waals surface area contributed by atoms with Crippen LogP contribution in [0.1, 0.15) is 19.8 Å². The number of morpholine rings is 1. The van der Waals surface area contributed by atoms with E-state index in [1.165, 1.54) is 0 Å². The third-order valence-corrected chi connectivity index (χ3v) is 6.12. The van der Waals surface area contributed by atoms with Crippen LogP contribution in [0.15, 0.2) is 29.6 Å². The van der Waals surface area contributed by atoms with Crippen molar-refractivity contribution in [3.63, 3.8) is 0 Å². The van der Waals surface area contributed by atoms with Crippen molar-refractivity contribution < 1.29 is 9.53 Å². The number of piperidine rings is 1. The predicted octanol–water partition coefficient (Wildman–Crippen LogP) is 2.97. The van der Waals surface area contributed by atoms with Crippen molar-refractivity contribution in [3.05, 3.63) is 29.6 Å². The Kier molecular flexibility index (Phi) is 5.71. The van der Waals surface area contributed by atoms with Crippen LogP contribution in [0.4, 0.5) is 10.8 Å². The number of rotatable bonds is 4. The van der Waals surface area contributed by atoms with E-state index in [0.717, 1.165) is 67.8 Å². The molecule has 2 aliphatic heterocycles. The molecule has 6 nitrogen and oxygen atoms in total. The van der Waals surface area contributed by atoms with Crippen molar-refractivity contribution >= 4 is 28.1 Å². The minimum atomic E-state index is 0.0931. The summed E-state index contributed by atoms with van der Waals surface area (Å²) in [7, 11) is 0. The summed E-state index contributed by atoms with van der Waals surface area (Å²) in [4.78, 5) is 19.5. The van der Waals surface area contributed by atoms with Gasteiger partial charge in [0, 0.05) is 41.7 Å². The number of hydrogen-bond donors (Lipinski definition) is 2. The van der Waals surface area contributed by atoms with Gasteiger partial charge in [-0.3, -0.25) is 4.79 Å². The highest BCUT2D eigenvalue weighted by Crippen LogP contribution is 2.29. The number of benzene rings is 1. The molecule has 2 saturated heterocycles. The Balaban J connectivity index is 1.38. The van der Waals surface area contributed by atoms with Crippen molar-refractivity contribution in [1.82, 2.24) is 10.3 Å². The minimum absolute atomic E-state index is 0.0931. The smallest absolute Gasteiger partial charge is 0.227 e. The maximum absolute atomic E-state index is 12.5. The molecule has 0 radical (unpaired) electrons. The Labute approximate surface area is 163 Å². The van der Waals surface area contributed by atoms with Crippen LogP contribution in [0, 0.1) is 5.92 Å². The molecule has 144 valence electrons. The molecule has 2 aliphatic rings. The van der Waals surface area contributed by atoms with E-state index < -0.39 is 0 Å². The zero-order valence-electron chi connectivity index (χ0n) is 15.6. The number of ether oxygens (including phenoxy) is 1. The second-order valence-corrected chi connectivity index (χ2v) is 8.09. The monoisotopic (exact) mass is 386 g/mol. The molecular weight excluding hydrogens is 360 g/mol. The number of nitrogens with zero attached hydrogens (tertiary/aromatic N) is 2. The molecular formula is C20H26N4O2S. The lowest BCUT2D eigenvalue weighted by Gasteiger charge is -2.27. The molecule has 0 spiro atoms. The molecule has 1 aromatic carbocycles. The number of anilines is 2. The summed E-state index contributed by atoms with van der Waals surface area (Å²) in [5.41, 5.74) is 2.89. The molecule has 2 fully saturated rings. The van der Waals surface area contributed by atoms with Gasteiger partial charge in [0.15, 0.2) is 5.13 Å². The summed E-state index contributed by atoms with van der Waals surface area (Å²) in [6.07, 6.45) is 1.80. The first-order chi connectivity index (χ1) is 13.2. The van der Waals surface area contributed by atoms with Gasteiger partial charge in [0.1, 0.15) is 0 Å². The highest BCUT2D eigenvalue weighted by Gasteiger charge is 2.24. The summed E-state index contributed by atoms with van der Waals surface area (Å²) in [5, 5.41) is 9.59. The van der Waals surface area contributed by atoms with Crippen LogP contribution in [0.2, 0.25) is 0 Å². The lowest BCUT2D eigenvalue weighted by atomic mass is 9.92. The Morgan fingerprint density at radius 1 is 1.30 bits per heavy atom. The maximum atomic E-state index is 12.5. The molecule has 27 heavy (non-hydrogen) atoms. The van der Waals surface area contributed by atoms with Gasteiger partial charge in [-0.05, 0) is 38.4 Å². The van der Waals surface area contributed by atoms with E-state index in [2.05, 4.69) is 27.8 Å². The number of amides is 1. The van der Waals surface area contributed by atoms with Gasteiger partial charge in [-0.1, -0.05) is 12.1 Å². The van der Waals surface area contributed by atoms with Crippen LogP contribution >= 0.6 is 11.3 Å². The number of aromatic nitrogens is 1. The third-order valence-electron chi connectivity index (χ3n) is 5.22. The summed E-state index contributed by atoms with van der Waals surface area (Å²) in [5.74, 6) is 0.218. The summed E-state index contributed by atoms with van der Waals surface area (Å²) >= 11 is 1.67. The molecule has 2 atom stereocenters. The lowest BCUT2D eigenvalue weighted by Crippen LogP contribution is -2.40. The number of nitrogens with one attached hydrogen (secondary N) is 2. The second-order valence-electron chi connectivity index (χ2n) is 7.26. The van der Waals surface area contributed by atoms with E-state index in [4.69, 9.17) is 9.72 Å². The van der Waals surface area contributed by atoms with Gasteiger partial charge in [0.05, 0.1) is 18.9 Å². The van der Waals surface area contributed by atoms with E-state index in [-0.39, 0.29) is 11.8 Å². The Hall–Kier alpha value is -1.96. The number of carbonyl (C=O) groups is 1. The Bertz CT molecular complexity index is 771. The topological polar surface area (TPSA) is 66.5 Å². The van der Waals surface area contributed by atoms with Crippen molar-refractivity contribution in [2.45, 2.75) is 25.8 Å². The average Bonchev–Trinajstić information content (AvgIpc) is 3.19. The molecule has 0 unspecified atom stereocenters. The normalized spacial score (nSPS) is 23.2. The van der Waals surface area contributed by atoms with Crippen LogP contribution in [0.5, 0.6) is 0 Å². The van der Waals surface area contributed by atoms with Crippen LogP contribution in [0.25, 0.3) is 11.3 Å². The number of carbonyl (C=O) groups excluding carboxylic acids is 1. The fourth-order valence-electron chi connectivity index (χ4n) is 3.64. The standard InChI is InChI=1S/C20H26N4O2S/c1-14-12-16(6-7-21-14)19(25)22-17-4-2-15(3-5-17)18-13-27-20(23-18)24-8-10-26-11-9-24/h2-5,13-14,16,21H,6-12H2,1H3,(H,22,25)/t14-,16-/m1/s1. The predicted molar refractivity (Wildman–Crippen MR) is 109 cm³/mol. The SMILES string of the molecule is C[C@@H]1C[C@H](C(=O)Nc2ccc(-c3csc(N4CCOCC4)n3)cc2)CCN1. The summed E-state index contributed by atoms with van der Waals surface area (Å²) in [6.45, 7) is 6.36. The van der Waals surface area contributed by atoms with Gasteiger partial charge in [0.2, 0.25) is 5.91 Å². The first-order valence-electron chi connectivity index (χ1n) is 9.62. The van der Waals surface area contributed by atoms with Gasteiger partial charge < -0.3 is 20.3 Å². The molecule has 0 aliphatic carbocycles. The van der Waals surface area contributed by atoms with Crippen molar-refractivity contribution in [2.75, 3.05) is 43.1 Å². The highest BCUT2D eigenvalue weighted by atomic mass is 32.1. The number of hydrogen-bond acceptors (Lipinski definition) is 6. The van der Waals surface area contributed by atoms with Gasteiger partial charge in [-0.2, -0.15) is 0 Å². The zero-order valence-corrected chi connectivity index (χ0v) is 16.4. The van der Waals surface area contributed by atoms with Gasteiger partial charge in [-0.25, -0.2) is 4.98 Å². The minimum Gasteiger partial charge on any atom is -0.378 e. The Morgan fingerprint density at radius 2 is 2.07 bits per heavy atom. The van der Waals surface area contributed by atoms with Gasteiger partial charge in [0.25, 0.3) is 0 Å². The van der Waals surface area contributed by atoms with E-state index in [1.54, 1.807) is 11.3 Å². The molecule has 1 aromatic heterocycles. The summed E-state index contributed by atoms with van der Waals surface area (Å²) < 4.78 is 5.40. The average molecular weight is 387 g/mol. The summed E-state index contributed by atoms with van der Waals surface area (Å²) in [6, 6.07) is 8.39. The molecule has 0 bridgehead atoms. The van der Waals surface area contributed by atoms with E-state index in [9.17, 15) is 4.79 Å². The fraction of sp³-hybridized carbons (Fsp3) is 0.500. The van der Waals surface area contributed by atoms with Crippen molar-refractivity contribution in [3.8, 4) is 11.3 Å². The molecule has 1 amide bonds. The Morgan fingerprint density at radius 3 is 2.81 bits per heavy atom. The van der Waals surface area contributed by atoms with Gasteiger partial charge >= 0.3 is 0 Å². The van der Waals surface area contributed by atoms with Crippen LogP contribution in [-0.2, 0) is 9.53 Å². The highest BCUT2D eigenvalue weighted by molar-refractivity contribution is 7.14. The molecule has 4 rings (SSSR count). The first-order valence-corrected chi connectivity index (χ1v) is 10.5. The van der Waals surface area contributed by atoms with Crippen LogP contribution < -0.4 is 15.5 Å². The molecule has 7 heteroatoms. The molecule has 2 aromatic rings. The van der Waals surface area contributed by atoms with E-state index >= 15 is 0 Å². The van der Waals surface area contributed by atoms with Crippen molar-refractivity contribution in [1.29, 1.82) is 0 Å². The van der Waals surface area contributed by atoms with Crippen LogP contribution in [0.3, 0.4) is 0 Å². The van der Waals surface area contributed by atoms with E-state index in [0.29, 0.717) is 6.04 Å². The first kappa shape index (κ1) is 18.4. The zero-order chi connectivity index (χ0) is 18.6. The van der Waals surface area contributed by atoms with Crippen molar-refractivity contribution in [2.24, 2.45) is 5.92 Å². The quantitative estimate of drug-likeness (QED) is 0.846. The van der Waals surface area contributed by atoms with Crippen LogP contribution in [-0.4, -0.2) is 49.8 Å².